The Kier molecular flexibility index (Phi) is 6.21. The fourth-order valence-electron chi connectivity index (χ4n) is 5.06. The largest absolute Gasteiger partial charge is 0.462 e. The van der Waals surface area contributed by atoms with Crippen LogP contribution in [0.25, 0.3) is 23.3 Å². The van der Waals surface area contributed by atoms with Gasteiger partial charge in [-0.1, -0.05) is 60.7 Å². The number of rotatable bonds is 4. The van der Waals surface area contributed by atoms with Crippen molar-refractivity contribution in [3.8, 4) is 0 Å². The Morgan fingerprint density at radius 1 is 0.788 bits per heavy atom. The molecule has 3 aromatic rings. The van der Waals surface area contributed by atoms with E-state index in [4.69, 9.17) is 9.72 Å². The summed E-state index contributed by atoms with van der Waals surface area (Å²) in [6, 6.07) is 20.8. The Balaban J connectivity index is 1.72. The Morgan fingerprint density at radius 3 is 1.73 bits per heavy atom. The van der Waals surface area contributed by atoms with Gasteiger partial charge in [0.15, 0.2) is 0 Å². The first-order chi connectivity index (χ1) is 16.2. The molecular formula is C30H29NO2. The van der Waals surface area contributed by atoms with Crippen LogP contribution >= 0.6 is 0 Å². The van der Waals surface area contributed by atoms with E-state index in [0.29, 0.717) is 6.61 Å². The molecule has 2 aliphatic carbocycles. The van der Waals surface area contributed by atoms with Gasteiger partial charge >= 0.3 is 5.97 Å². The Labute approximate surface area is 195 Å². The molecule has 0 atom stereocenters. The summed E-state index contributed by atoms with van der Waals surface area (Å²) in [6.45, 7) is 2.25. The molecule has 0 saturated heterocycles. The minimum absolute atomic E-state index is 0.200. The number of fused-ring (bicyclic) bond motifs is 2. The van der Waals surface area contributed by atoms with Crippen molar-refractivity contribution in [2.24, 2.45) is 0 Å². The monoisotopic (exact) mass is 435 g/mol. The van der Waals surface area contributed by atoms with E-state index in [-0.39, 0.29) is 5.97 Å². The zero-order valence-electron chi connectivity index (χ0n) is 19.1. The number of aromatic nitrogens is 1. The summed E-state index contributed by atoms with van der Waals surface area (Å²) in [6.07, 6.45) is 10.2. The zero-order valence-corrected chi connectivity index (χ0v) is 19.1. The maximum atomic E-state index is 13.2. The molecule has 5 rings (SSSR count). The van der Waals surface area contributed by atoms with Crippen molar-refractivity contribution in [1.82, 2.24) is 4.98 Å². The van der Waals surface area contributed by atoms with Crippen LogP contribution in [0.4, 0.5) is 0 Å². The lowest BCUT2D eigenvalue weighted by molar-refractivity contribution is 0.0523. The number of pyridine rings is 1. The van der Waals surface area contributed by atoms with E-state index in [1.54, 1.807) is 0 Å². The number of esters is 1. The highest BCUT2D eigenvalue weighted by Gasteiger charge is 2.31. The summed E-state index contributed by atoms with van der Waals surface area (Å²) < 4.78 is 5.56. The van der Waals surface area contributed by atoms with Crippen LogP contribution in [0.2, 0.25) is 0 Å². The summed E-state index contributed by atoms with van der Waals surface area (Å²) in [5.41, 5.74) is 9.62. The number of hydrogen-bond donors (Lipinski definition) is 0. The van der Waals surface area contributed by atoms with Crippen LogP contribution < -0.4 is 0 Å². The van der Waals surface area contributed by atoms with Crippen molar-refractivity contribution in [3.05, 3.63) is 99.9 Å². The van der Waals surface area contributed by atoms with E-state index in [1.807, 2.05) is 19.1 Å². The number of carbonyl (C=O) groups is 1. The van der Waals surface area contributed by atoms with Crippen molar-refractivity contribution in [3.63, 3.8) is 0 Å². The maximum absolute atomic E-state index is 13.2. The molecule has 3 nitrogen and oxygen atoms in total. The minimum atomic E-state index is -0.200. The third-order valence-electron chi connectivity index (χ3n) is 6.51. The minimum Gasteiger partial charge on any atom is -0.462 e. The fourth-order valence-corrected chi connectivity index (χ4v) is 5.06. The molecule has 0 aliphatic heterocycles. The van der Waals surface area contributed by atoms with E-state index in [9.17, 15) is 4.79 Å². The van der Waals surface area contributed by atoms with Gasteiger partial charge in [-0.05, 0) is 91.0 Å². The second kappa shape index (κ2) is 9.58. The molecule has 0 radical (unpaired) electrons. The molecule has 3 heteroatoms. The molecule has 0 amide bonds. The summed E-state index contributed by atoms with van der Waals surface area (Å²) in [4.78, 5) is 18.5. The van der Waals surface area contributed by atoms with Gasteiger partial charge in [-0.3, -0.25) is 0 Å². The molecule has 1 heterocycles. The lowest BCUT2D eigenvalue weighted by atomic mass is 9.80. The molecule has 0 spiro atoms. The highest BCUT2D eigenvalue weighted by molar-refractivity contribution is 5.98. The van der Waals surface area contributed by atoms with E-state index in [2.05, 4.69) is 60.7 Å². The van der Waals surface area contributed by atoms with Gasteiger partial charge in [0.25, 0.3) is 0 Å². The fraction of sp³-hybridized carbons (Fsp3) is 0.267. The molecule has 0 bridgehead atoms. The third kappa shape index (κ3) is 4.41. The number of nitrogens with zero attached hydrogens (tertiary/aromatic N) is 1. The normalized spacial score (nSPS) is 17.5. The molecule has 33 heavy (non-hydrogen) atoms. The van der Waals surface area contributed by atoms with Crippen LogP contribution in [0.1, 0.15) is 76.6 Å². The van der Waals surface area contributed by atoms with Crippen molar-refractivity contribution < 1.29 is 9.53 Å². The maximum Gasteiger partial charge on any atom is 0.338 e. The quantitative estimate of drug-likeness (QED) is 0.414. The molecule has 2 aliphatic rings. The first kappa shape index (κ1) is 21.4. The number of carbonyl (C=O) groups excluding carboxylic acids is 1. The van der Waals surface area contributed by atoms with E-state index < -0.39 is 0 Å². The van der Waals surface area contributed by atoms with Crippen LogP contribution in [0.15, 0.2) is 60.7 Å². The van der Waals surface area contributed by atoms with Gasteiger partial charge in [0.05, 0.1) is 23.6 Å². The van der Waals surface area contributed by atoms with Crippen LogP contribution in [-0.4, -0.2) is 17.6 Å². The van der Waals surface area contributed by atoms with Gasteiger partial charge in [-0.15, -0.1) is 0 Å². The average molecular weight is 436 g/mol. The lowest BCUT2D eigenvalue weighted by Crippen LogP contribution is -2.21. The smallest absolute Gasteiger partial charge is 0.338 e. The van der Waals surface area contributed by atoms with E-state index in [1.165, 1.54) is 11.1 Å². The van der Waals surface area contributed by atoms with Gasteiger partial charge in [-0.25, -0.2) is 9.78 Å². The molecule has 0 saturated carbocycles. The van der Waals surface area contributed by atoms with Crippen LogP contribution in [0, 0.1) is 0 Å². The molecule has 0 unspecified atom stereocenters. The van der Waals surface area contributed by atoms with Crippen LogP contribution in [-0.2, 0) is 17.6 Å². The van der Waals surface area contributed by atoms with Crippen LogP contribution in [0.3, 0.4) is 0 Å². The SMILES string of the molecule is CCOC(=O)c1c2c(nc3c1CCC/C3=C\c1ccccc1)/C(=C\c1ccccc1)CCC2. The molecule has 0 fully saturated rings. The van der Waals surface area contributed by atoms with E-state index >= 15 is 0 Å². The first-order valence-corrected chi connectivity index (χ1v) is 12.0. The molecule has 166 valence electrons. The van der Waals surface area contributed by atoms with Crippen molar-refractivity contribution in [2.45, 2.75) is 45.4 Å². The Hall–Kier alpha value is -3.46. The topological polar surface area (TPSA) is 39.2 Å². The van der Waals surface area contributed by atoms with Crippen LogP contribution in [0.5, 0.6) is 0 Å². The summed E-state index contributed by atoms with van der Waals surface area (Å²) in [7, 11) is 0. The number of hydrogen-bond acceptors (Lipinski definition) is 3. The lowest BCUT2D eigenvalue weighted by Gasteiger charge is -2.28. The molecule has 2 aromatic carbocycles. The average Bonchev–Trinajstić information content (AvgIpc) is 2.85. The van der Waals surface area contributed by atoms with Crippen molar-refractivity contribution in [1.29, 1.82) is 0 Å². The highest BCUT2D eigenvalue weighted by Crippen LogP contribution is 2.40. The highest BCUT2D eigenvalue weighted by atomic mass is 16.5. The number of benzene rings is 2. The zero-order chi connectivity index (χ0) is 22.6. The van der Waals surface area contributed by atoms with Gasteiger partial charge in [-0.2, -0.15) is 0 Å². The molecule has 1 aromatic heterocycles. The van der Waals surface area contributed by atoms with Crippen molar-refractivity contribution >= 4 is 29.3 Å². The molecule has 0 N–H and O–H groups in total. The predicted molar refractivity (Wildman–Crippen MR) is 135 cm³/mol. The summed E-state index contributed by atoms with van der Waals surface area (Å²) in [5.74, 6) is -0.200. The van der Waals surface area contributed by atoms with Gasteiger partial charge in [0.2, 0.25) is 0 Å². The summed E-state index contributed by atoms with van der Waals surface area (Å²) >= 11 is 0. The second-order valence-corrected chi connectivity index (χ2v) is 8.73. The third-order valence-corrected chi connectivity index (χ3v) is 6.51. The van der Waals surface area contributed by atoms with E-state index in [0.717, 1.165) is 77.7 Å². The Morgan fingerprint density at radius 2 is 1.27 bits per heavy atom. The Bertz CT molecular complexity index is 1140. The standard InChI is InChI=1S/C30H29NO2/c1-2-33-30(32)27-25-17-9-15-23(19-21-11-5-3-6-12-21)28(25)31-29-24(16-10-18-26(27)29)20-22-13-7-4-8-14-22/h3-8,11-14,19-20H,2,9-10,15-18H2,1H3/b23-19-,24-20+. The molecular weight excluding hydrogens is 406 g/mol. The number of allylic oxidation sites excluding steroid dienone is 2. The summed E-state index contributed by atoms with van der Waals surface area (Å²) in [5, 5.41) is 0. The van der Waals surface area contributed by atoms with Gasteiger partial charge in [0, 0.05) is 0 Å². The van der Waals surface area contributed by atoms with Gasteiger partial charge < -0.3 is 4.74 Å². The second-order valence-electron chi connectivity index (χ2n) is 8.73. The van der Waals surface area contributed by atoms with Gasteiger partial charge in [0.1, 0.15) is 0 Å². The van der Waals surface area contributed by atoms with Crippen molar-refractivity contribution in [2.75, 3.05) is 6.61 Å². The predicted octanol–water partition coefficient (Wildman–Crippen LogP) is 7.01. The first-order valence-electron chi connectivity index (χ1n) is 12.0. The number of ether oxygens (including phenoxy) is 1.